The lowest BCUT2D eigenvalue weighted by Gasteiger charge is -2.19. The van der Waals surface area contributed by atoms with Crippen LogP contribution >= 0.6 is 0 Å². The average Bonchev–Trinajstić information content (AvgIpc) is 2.25. The third kappa shape index (κ3) is 4.79. The second-order valence-corrected chi connectivity index (χ2v) is 4.31. The smallest absolute Gasteiger partial charge is 0.251 e. The Morgan fingerprint density at radius 1 is 1.29 bits per heavy atom. The zero-order valence-corrected chi connectivity index (χ0v) is 10.2. The van der Waals surface area contributed by atoms with E-state index in [-0.39, 0.29) is 6.54 Å². The van der Waals surface area contributed by atoms with Crippen molar-refractivity contribution in [2.24, 2.45) is 0 Å². The lowest BCUT2D eigenvalue weighted by molar-refractivity contribution is 0.0873. The molecule has 4 heteroatoms. The number of hydrogen-bond donors (Lipinski definition) is 1. The number of rotatable bonds is 6. The lowest BCUT2D eigenvalue weighted by atomic mass is 10.0. The molecule has 0 bridgehead atoms. The van der Waals surface area contributed by atoms with E-state index in [0.717, 1.165) is 11.1 Å². The van der Waals surface area contributed by atoms with Crippen LogP contribution in [0.4, 0.5) is 8.78 Å². The molecule has 1 aromatic carbocycles. The summed E-state index contributed by atoms with van der Waals surface area (Å²) >= 11 is 0. The number of halogens is 2. The molecule has 0 radical (unpaired) electrons. The van der Waals surface area contributed by atoms with E-state index in [9.17, 15) is 13.9 Å². The Labute approximate surface area is 101 Å². The Hall–Kier alpha value is -1.00. The standard InChI is InChI=1S/C13H19F2NO/c1-10-5-3-4-6-11(10)12(17)7-8-16(2)9-13(14)15/h3-6,12-13,17H,7-9H2,1-2H3. The molecule has 1 unspecified atom stereocenters. The molecule has 0 fully saturated rings. The second kappa shape index (κ2) is 6.67. The molecule has 2 nitrogen and oxygen atoms in total. The van der Waals surface area contributed by atoms with E-state index < -0.39 is 12.5 Å². The summed E-state index contributed by atoms with van der Waals surface area (Å²) in [7, 11) is 1.64. The number of aliphatic hydroxyl groups excluding tert-OH is 1. The molecule has 0 saturated carbocycles. The van der Waals surface area contributed by atoms with Gasteiger partial charge >= 0.3 is 0 Å². The Balaban J connectivity index is 2.45. The predicted molar refractivity (Wildman–Crippen MR) is 64.3 cm³/mol. The quantitative estimate of drug-likeness (QED) is 0.830. The molecule has 17 heavy (non-hydrogen) atoms. The molecule has 0 aliphatic rings. The lowest BCUT2D eigenvalue weighted by Crippen LogP contribution is -2.26. The molecule has 0 heterocycles. The fraction of sp³-hybridized carbons (Fsp3) is 0.538. The van der Waals surface area contributed by atoms with Crippen LogP contribution in [0.15, 0.2) is 24.3 Å². The maximum atomic E-state index is 12.1. The van der Waals surface area contributed by atoms with Gasteiger partial charge in [-0.3, -0.25) is 0 Å². The Morgan fingerprint density at radius 3 is 2.53 bits per heavy atom. The summed E-state index contributed by atoms with van der Waals surface area (Å²) in [4.78, 5) is 1.53. The molecule has 0 aromatic heterocycles. The largest absolute Gasteiger partial charge is 0.388 e. The fourth-order valence-electron chi connectivity index (χ4n) is 1.79. The molecule has 96 valence electrons. The maximum Gasteiger partial charge on any atom is 0.251 e. The van der Waals surface area contributed by atoms with E-state index >= 15 is 0 Å². The molecule has 1 rings (SSSR count). The van der Waals surface area contributed by atoms with Gasteiger partial charge in [-0.15, -0.1) is 0 Å². The fourth-order valence-corrected chi connectivity index (χ4v) is 1.79. The normalized spacial score (nSPS) is 13.4. The van der Waals surface area contributed by atoms with Gasteiger partial charge < -0.3 is 10.0 Å². The van der Waals surface area contributed by atoms with Crippen molar-refractivity contribution in [2.75, 3.05) is 20.1 Å². The van der Waals surface area contributed by atoms with Crippen molar-refractivity contribution < 1.29 is 13.9 Å². The molecule has 0 amide bonds. The third-order valence-electron chi connectivity index (χ3n) is 2.78. The number of nitrogens with zero attached hydrogens (tertiary/aromatic N) is 1. The summed E-state index contributed by atoms with van der Waals surface area (Å²) in [5.41, 5.74) is 1.90. The highest BCUT2D eigenvalue weighted by atomic mass is 19.3. The maximum absolute atomic E-state index is 12.1. The van der Waals surface area contributed by atoms with Crippen LogP contribution in [0, 0.1) is 6.92 Å². The first-order valence-corrected chi connectivity index (χ1v) is 5.71. The van der Waals surface area contributed by atoms with Crippen LogP contribution in [0.2, 0.25) is 0 Å². The number of hydrogen-bond acceptors (Lipinski definition) is 2. The van der Waals surface area contributed by atoms with Crippen molar-refractivity contribution in [2.45, 2.75) is 25.9 Å². The molecule has 0 aliphatic carbocycles. The second-order valence-electron chi connectivity index (χ2n) is 4.31. The minimum absolute atomic E-state index is 0.250. The molecule has 1 aromatic rings. The highest BCUT2D eigenvalue weighted by molar-refractivity contribution is 5.27. The van der Waals surface area contributed by atoms with Gasteiger partial charge in [0.15, 0.2) is 0 Å². The van der Waals surface area contributed by atoms with Crippen LogP contribution < -0.4 is 0 Å². The Kier molecular flexibility index (Phi) is 5.51. The van der Waals surface area contributed by atoms with Crippen LogP contribution in [0.3, 0.4) is 0 Å². The van der Waals surface area contributed by atoms with Gasteiger partial charge in [0.25, 0.3) is 6.43 Å². The Morgan fingerprint density at radius 2 is 1.94 bits per heavy atom. The summed E-state index contributed by atoms with van der Waals surface area (Å²) in [5.74, 6) is 0. The first kappa shape index (κ1) is 14.1. The molecule has 0 aliphatic heterocycles. The minimum atomic E-state index is -2.32. The predicted octanol–water partition coefficient (Wildman–Crippen LogP) is 2.62. The monoisotopic (exact) mass is 243 g/mol. The van der Waals surface area contributed by atoms with Gasteiger partial charge in [-0.25, -0.2) is 8.78 Å². The van der Waals surface area contributed by atoms with Gasteiger partial charge in [0, 0.05) is 6.54 Å². The van der Waals surface area contributed by atoms with Gasteiger partial charge in [-0.1, -0.05) is 24.3 Å². The summed E-state index contributed by atoms with van der Waals surface area (Å²) in [6.45, 7) is 2.14. The number of alkyl halides is 2. The number of aryl methyl sites for hydroxylation is 1. The summed E-state index contributed by atoms with van der Waals surface area (Å²) in [5, 5.41) is 9.97. The number of benzene rings is 1. The van der Waals surface area contributed by atoms with Crippen LogP contribution in [-0.2, 0) is 0 Å². The van der Waals surface area contributed by atoms with Crippen molar-refractivity contribution in [1.82, 2.24) is 4.90 Å². The van der Waals surface area contributed by atoms with Crippen LogP contribution in [-0.4, -0.2) is 36.6 Å². The molecular formula is C13H19F2NO. The van der Waals surface area contributed by atoms with E-state index in [1.165, 1.54) is 4.90 Å². The van der Waals surface area contributed by atoms with E-state index in [1.54, 1.807) is 7.05 Å². The summed E-state index contributed by atoms with van der Waals surface area (Å²) in [6.07, 6.45) is -2.44. The van der Waals surface area contributed by atoms with Crippen LogP contribution in [0.25, 0.3) is 0 Å². The first-order chi connectivity index (χ1) is 8.00. The SMILES string of the molecule is Cc1ccccc1C(O)CCN(C)CC(F)F. The topological polar surface area (TPSA) is 23.5 Å². The molecule has 1 N–H and O–H groups in total. The van der Waals surface area contributed by atoms with Gasteiger partial charge in [-0.2, -0.15) is 0 Å². The molecule has 0 spiro atoms. The molecule has 0 saturated heterocycles. The first-order valence-electron chi connectivity index (χ1n) is 5.71. The highest BCUT2D eigenvalue weighted by Crippen LogP contribution is 2.20. The van der Waals surface area contributed by atoms with E-state index in [1.807, 2.05) is 31.2 Å². The zero-order valence-electron chi connectivity index (χ0n) is 10.2. The molecular weight excluding hydrogens is 224 g/mol. The van der Waals surface area contributed by atoms with E-state index in [4.69, 9.17) is 0 Å². The van der Waals surface area contributed by atoms with Gasteiger partial charge in [0.05, 0.1) is 12.6 Å². The van der Waals surface area contributed by atoms with Crippen molar-refractivity contribution >= 4 is 0 Å². The Bertz CT molecular complexity index is 344. The zero-order chi connectivity index (χ0) is 12.8. The van der Waals surface area contributed by atoms with Gasteiger partial charge in [-0.05, 0) is 31.5 Å². The van der Waals surface area contributed by atoms with Crippen molar-refractivity contribution in [3.05, 3.63) is 35.4 Å². The summed E-state index contributed by atoms with van der Waals surface area (Å²) in [6, 6.07) is 7.58. The number of aliphatic hydroxyl groups is 1. The van der Waals surface area contributed by atoms with Crippen molar-refractivity contribution in [3.8, 4) is 0 Å². The average molecular weight is 243 g/mol. The molecule has 1 atom stereocenters. The third-order valence-corrected chi connectivity index (χ3v) is 2.78. The van der Waals surface area contributed by atoms with E-state index in [0.29, 0.717) is 13.0 Å². The van der Waals surface area contributed by atoms with Crippen molar-refractivity contribution in [1.29, 1.82) is 0 Å². The van der Waals surface area contributed by atoms with E-state index in [2.05, 4.69) is 0 Å². The van der Waals surface area contributed by atoms with Crippen LogP contribution in [0.5, 0.6) is 0 Å². The summed E-state index contributed by atoms with van der Waals surface area (Å²) < 4.78 is 24.2. The van der Waals surface area contributed by atoms with Gasteiger partial charge in [0.1, 0.15) is 0 Å². The van der Waals surface area contributed by atoms with Crippen LogP contribution in [0.1, 0.15) is 23.7 Å². The minimum Gasteiger partial charge on any atom is -0.388 e. The highest BCUT2D eigenvalue weighted by Gasteiger charge is 2.12. The van der Waals surface area contributed by atoms with Gasteiger partial charge in [0.2, 0.25) is 0 Å². The van der Waals surface area contributed by atoms with Crippen molar-refractivity contribution in [3.63, 3.8) is 0 Å².